The van der Waals surface area contributed by atoms with Crippen LogP contribution in [0.5, 0.6) is 0 Å². The number of rotatable bonds is 22. The molecule has 0 saturated heterocycles. The fourth-order valence-electron chi connectivity index (χ4n) is 4.01. The van der Waals surface area contributed by atoms with Crippen LogP contribution in [0.25, 0.3) is 0 Å². The van der Waals surface area contributed by atoms with E-state index in [0.29, 0.717) is 0 Å². The zero-order valence-corrected chi connectivity index (χ0v) is 19.0. The Morgan fingerprint density at radius 3 is 1.38 bits per heavy atom. The summed E-state index contributed by atoms with van der Waals surface area (Å²) >= 11 is 0. The minimum atomic E-state index is 0.966. The van der Waals surface area contributed by atoms with E-state index in [4.69, 9.17) is 0 Å². The predicted octanol–water partition coefficient (Wildman–Crippen LogP) is 10.1. The quantitative estimate of drug-likeness (QED) is 0.167. The maximum atomic E-state index is 2.61. The normalized spacial score (nSPS) is 12.6. The minimum Gasteiger partial charge on any atom is -0.0654 e. The van der Waals surface area contributed by atoms with Gasteiger partial charge < -0.3 is 0 Å². The standard InChI is InChI=1S/C26H53/c1-4-7-9-11-13-15-17-19-21-23-25-26(6-3)24-22-20-18-16-14-12-10-8-5-2/h22,26H,4-21,23-25H2,1-3H3. The number of unbranched alkanes of at least 4 members (excludes halogenated alkanes) is 17. The summed E-state index contributed by atoms with van der Waals surface area (Å²) in [6, 6.07) is 0. The van der Waals surface area contributed by atoms with Crippen LogP contribution in [0.15, 0.2) is 0 Å². The van der Waals surface area contributed by atoms with Crippen molar-refractivity contribution in [2.45, 2.75) is 156 Å². The molecule has 157 valence electrons. The molecule has 0 nitrogen and oxygen atoms in total. The van der Waals surface area contributed by atoms with Crippen molar-refractivity contribution in [1.29, 1.82) is 0 Å². The minimum absolute atomic E-state index is 0.966. The summed E-state index contributed by atoms with van der Waals surface area (Å²) in [6.45, 7) is 6.99. The van der Waals surface area contributed by atoms with Crippen molar-refractivity contribution in [2.75, 3.05) is 0 Å². The van der Waals surface area contributed by atoms with Crippen LogP contribution in [0, 0.1) is 12.3 Å². The average Bonchev–Trinajstić information content (AvgIpc) is 2.66. The van der Waals surface area contributed by atoms with Gasteiger partial charge in [-0.3, -0.25) is 0 Å². The third-order valence-electron chi connectivity index (χ3n) is 6.06. The second-order valence-electron chi connectivity index (χ2n) is 8.68. The first-order valence-corrected chi connectivity index (χ1v) is 12.7. The van der Waals surface area contributed by atoms with Crippen LogP contribution in [0.2, 0.25) is 0 Å². The Morgan fingerprint density at radius 2 is 0.923 bits per heavy atom. The van der Waals surface area contributed by atoms with Gasteiger partial charge >= 0.3 is 0 Å². The lowest BCUT2D eigenvalue weighted by Gasteiger charge is -2.14. The first kappa shape index (κ1) is 26.0. The first-order valence-electron chi connectivity index (χ1n) is 12.7. The van der Waals surface area contributed by atoms with Crippen molar-refractivity contribution in [1.82, 2.24) is 0 Å². The summed E-state index contributed by atoms with van der Waals surface area (Å²) in [7, 11) is 0. The molecule has 0 heteroatoms. The van der Waals surface area contributed by atoms with E-state index in [0.717, 1.165) is 5.92 Å². The Kier molecular flexibility index (Phi) is 23.0. The smallest absolute Gasteiger partial charge is 0.0383 e. The van der Waals surface area contributed by atoms with E-state index in [1.54, 1.807) is 0 Å². The van der Waals surface area contributed by atoms with Gasteiger partial charge in [-0.1, -0.05) is 149 Å². The first-order chi connectivity index (χ1) is 12.8. The maximum absolute atomic E-state index is 2.61. The van der Waals surface area contributed by atoms with Gasteiger partial charge in [-0.25, -0.2) is 0 Å². The summed E-state index contributed by atoms with van der Waals surface area (Å²) in [5.41, 5.74) is 0. The highest BCUT2D eigenvalue weighted by Crippen LogP contribution is 2.21. The summed E-state index contributed by atoms with van der Waals surface area (Å²) in [5.74, 6) is 0.966. The van der Waals surface area contributed by atoms with E-state index in [-0.39, 0.29) is 0 Å². The predicted molar refractivity (Wildman–Crippen MR) is 122 cm³/mol. The molecule has 0 fully saturated rings. The topological polar surface area (TPSA) is 0 Å². The van der Waals surface area contributed by atoms with Crippen molar-refractivity contribution in [3.63, 3.8) is 0 Å². The maximum Gasteiger partial charge on any atom is -0.0383 e. The van der Waals surface area contributed by atoms with Crippen molar-refractivity contribution in [2.24, 2.45) is 5.92 Å². The lowest BCUT2D eigenvalue weighted by molar-refractivity contribution is 0.425. The molecule has 0 N–H and O–H groups in total. The van der Waals surface area contributed by atoms with Gasteiger partial charge in [-0.15, -0.1) is 0 Å². The Balaban J connectivity index is 3.28. The molecule has 0 heterocycles. The fourth-order valence-corrected chi connectivity index (χ4v) is 4.01. The third-order valence-corrected chi connectivity index (χ3v) is 6.06. The zero-order valence-electron chi connectivity index (χ0n) is 19.0. The van der Waals surface area contributed by atoms with E-state index >= 15 is 0 Å². The molecular formula is C26H53. The van der Waals surface area contributed by atoms with E-state index < -0.39 is 0 Å². The van der Waals surface area contributed by atoms with Crippen molar-refractivity contribution in [3.05, 3.63) is 6.42 Å². The Labute approximate surface area is 168 Å². The molecule has 0 bridgehead atoms. The van der Waals surface area contributed by atoms with Gasteiger partial charge in [0.05, 0.1) is 0 Å². The molecule has 0 rings (SSSR count). The zero-order chi connectivity index (χ0) is 19.1. The van der Waals surface area contributed by atoms with Crippen LogP contribution < -0.4 is 0 Å². The van der Waals surface area contributed by atoms with Gasteiger partial charge in [0, 0.05) is 0 Å². The molecular weight excluding hydrogens is 312 g/mol. The monoisotopic (exact) mass is 365 g/mol. The van der Waals surface area contributed by atoms with Crippen LogP contribution in [0.4, 0.5) is 0 Å². The van der Waals surface area contributed by atoms with Gasteiger partial charge in [0.15, 0.2) is 0 Å². The highest BCUT2D eigenvalue weighted by atomic mass is 14.1. The summed E-state index contributed by atoms with van der Waals surface area (Å²) in [5, 5.41) is 0. The van der Waals surface area contributed by atoms with E-state index in [1.165, 1.54) is 135 Å². The molecule has 0 aromatic rings. The number of hydrogen-bond acceptors (Lipinski definition) is 0. The third kappa shape index (κ3) is 20.3. The van der Waals surface area contributed by atoms with Gasteiger partial charge in [-0.2, -0.15) is 0 Å². The van der Waals surface area contributed by atoms with Crippen LogP contribution >= 0.6 is 0 Å². The lowest BCUT2D eigenvalue weighted by Crippen LogP contribution is -1.99. The van der Waals surface area contributed by atoms with Crippen LogP contribution in [0.3, 0.4) is 0 Å². The molecule has 0 aliphatic carbocycles. The molecule has 0 spiro atoms. The van der Waals surface area contributed by atoms with Gasteiger partial charge in [-0.05, 0) is 18.8 Å². The molecule has 1 unspecified atom stereocenters. The van der Waals surface area contributed by atoms with Crippen molar-refractivity contribution >= 4 is 0 Å². The Morgan fingerprint density at radius 1 is 0.500 bits per heavy atom. The van der Waals surface area contributed by atoms with Gasteiger partial charge in [0.25, 0.3) is 0 Å². The van der Waals surface area contributed by atoms with E-state index in [9.17, 15) is 0 Å². The second-order valence-corrected chi connectivity index (χ2v) is 8.68. The van der Waals surface area contributed by atoms with E-state index in [1.807, 2.05) is 0 Å². The summed E-state index contributed by atoms with van der Waals surface area (Å²) in [4.78, 5) is 0. The SMILES string of the molecule is CCCCCCCCC[CH]CC(CC)CCCCCCCCCCCC. The highest BCUT2D eigenvalue weighted by molar-refractivity contribution is 4.71. The van der Waals surface area contributed by atoms with Crippen molar-refractivity contribution < 1.29 is 0 Å². The molecule has 26 heavy (non-hydrogen) atoms. The summed E-state index contributed by atoms with van der Waals surface area (Å²) < 4.78 is 0. The molecule has 0 amide bonds. The Hall–Kier alpha value is 0. The van der Waals surface area contributed by atoms with Gasteiger partial charge in [0.1, 0.15) is 0 Å². The average molecular weight is 366 g/mol. The Bertz CT molecular complexity index is 232. The molecule has 1 atom stereocenters. The number of hydrogen-bond donors (Lipinski definition) is 0. The lowest BCUT2D eigenvalue weighted by atomic mass is 9.92. The fraction of sp³-hybridized carbons (Fsp3) is 0.962. The largest absolute Gasteiger partial charge is 0.0654 e. The molecule has 0 aromatic carbocycles. The van der Waals surface area contributed by atoms with Crippen LogP contribution in [-0.2, 0) is 0 Å². The summed E-state index contributed by atoms with van der Waals surface area (Å²) in [6.07, 6.45) is 32.9. The highest BCUT2D eigenvalue weighted by Gasteiger charge is 2.06. The van der Waals surface area contributed by atoms with Crippen molar-refractivity contribution in [3.8, 4) is 0 Å². The van der Waals surface area contributed by atoms with Gasteiger partial charge in [0.2, 0.25) is 0 Å². The second kappa shape index (κ2) is 23.0. The molecule has 0 aromatic heterocycles. The molecule has 0 aliphatic heterocycles. The van der Waals surface area contributed by atoms with Crippen LogP contribution in [-0.4, -0.2) is 0 Å². The molecule has 1 radical (unpaired) electrons. The van der Waals surface area contributed by atoms with Crippen LogP contribution in [0.1, 0.15) is 156 Å². The molecule has 0 aliphatic rings. The van der Waals surface area contributed by atoms with E-state index in [2.05, 4.69) is 27.2 Å². The molecule has 0 saturated carbocycles.